The van der Waals surface area contributed by atoms with Crippen molar-refractivity contribution in [2.45, 2.75) is 12.3 Å². The molecule has 0 nitrogen and oxygen atoms in total. The summed E-state index contributed by atoms with van der Waals surface area (Å²) in [4.78, 5) is 0. The molecule has 2 aromatic rings. The van der Waals surface area contributed by atoms with Gasteiger partial charge in [-0.3, -0.25) is 0 Å². The van der Waals surface area contributed by atoms with Crippen molar-refractivity contribution in [3.8, 4) is 0 Å². The summed E-state index contributed by atoms with van der Waals surface area (Å²) in [6, 6.07) is 9.91. The van der Waals surface area contributed by atoms with Crippen LogP contribution in [0.3, 0.4) is 0 Å². The monoisotopic (exact) mass is 290 g/mol. The standard InChI is InChI=1S/C12H9Cl3S/c1-7-2-4-8(5-3-7)11(14)9-6-10(13)16-12(9)15/h2-6,11H,1H3. The van der Waals surface area contributed by atoms with Crippen molar-refractivity contribution < 1.29 is 0 Å². The van der Waals surface area contributed by atoms with Gasteiger partial charge in [-0.15, -0.1) is 22.9 Å². The Labute approximate surface area is 114 Å². The fraction of sp³-hybridized carbons (Fsp3) is 0.167. The molecule has 4 heteroatoms. The lowest BCUT2D eigenvalue weighted by Gasteiger charge is -2.09. The van der Waals surface area contributed by atoms with E-state index in [1.807, 2.05) is 37.3 Å². The van der Waals surface area contributed by atoms with Gasteiger partial charge in [0.15, 0.2) is 0 Å². The molecule has 0 amide bonds. The zero-order chi connectivity index (χ0) is 11.7. The third-order valence-corrected chi connectivity index (χ3v) is 4.33. The Hall–Kier alpha value is -0.210. The van der Waals surface area contributed by atoms with Crippen LogP contribution in [0, 0.1) is 6.92 Å². The van der Waals surface area contributed by atoms with Gasteiger partial charge in [0, 0.05) is 5.56 Å². The second-order valence-electron chi connectivity index (χ2n) is 3.55. The van der Waals surface area contributed by atoms with Gasteiger partial charge in [0.1, 0.15) is 0 Å². The molecule has 0 aliphatic carbocycles. The summed E-state index contributed by atoms with van der Waals surface area (Å²) >= 11 is 19.7. The molecule has 0 radical (unpaired) electrons. The number of alkyl halides is 1. The molecule has 0 aliphatic rings. The average Bonchev–Trinajstić information content (AvgIpc) is 2.58. The zero-order valence-electron chi connectivity index (χ0n) is 8.51. The molecule has 1 atom stereocenters. The first kappa shape index (κ1) is 12.3. The summed E-state index contributed by atoms with van der Waals surface area (Å²) in [7, 11) is 0. The third kappa shape index (κ3) is 2.54. The number of benzene rings is 1. The Kier molecular flexibility index (Phi) is 3.81. The van der Waals surface area contributed by atoms with E-state index in [0.717, 1.165) is 11.1 Å². The van der Waals surface area contributed by atoms with Crippen LogP contribution in [0.15, 0.2) is 30.3 Å². The van der Waals surface area contributed by atoms with E-state index in [-0.39, 0.29) is 5.38 Å². The van der Waals surface area contributed by atoms with E-state index in [1.165, 1.54) is 16.9 Å². The van der Waals surface area contributed by atoms with E-state index in [9.17, 15) is 0 Å². The molecule has 0 spiro atoms. The van der Waals surface area contributed by atoms with Crippen molar-refractivity contribution in [2.24, 2.45) is 0 Å². The van der Waals surface area contributed by atoms with Crippen LogP contribution >= 0.6 is 46.1 Å². The predicted molar refractivity (Wildman–Crippen MR) is 73.2 cm³/mol. The Morgan fingerprint density at radius 3 is 2.25 bits per heavy atom. The first-order valence-electron chi connectivity index (χ1n) is 4.73. The number of rotatable bonds is 2. The second kappa shape index (κ2) is 4.97. The van der Waals surface area contributed by atoms with Gasteiger partial charge >= 0.3 is 0 Å². The summed E-state index contributed by atoms with van der Waals surface area (Å²) < 4.78 is 1.32. The Morgan fingerprint density at radius 1 is 1.12 bits per heavy atom. The molecule has 2 rings (SSSR count). The SMILES string of the molecule is Cc1ccc(C(Cl)c2cc(Cl)sc2Cl)cc1. The Morgan fingerprint density at radius 2 is 1.75 bits per heavy atom. The molecule has 1 aromatic carbocycles. The lowest BCUT2D eigenvalue weighted by atomic mass is 10.1. The molecule has 1 heterocycles. The molecular formula is C12H9Cl3S. The highest BCUT2D eigenvalue weighted by Gasteiger charge is 2.16. The number of halogens is 3. The number of hydrogen-bond acceptors (Lipinski definition) is 1. The van der Waals surface area contributed by atoms with Crippen molar-refractivity contribution in [1.82, 2.24) is 0 Å². The van der Waals surface area contributed by atoms with E-state index >= 15 is 0 Å². The summed E-state index contributed by atoms with van der Waals surface area (Å²) in [6.07, 6.45) is 0. The van der Waals surface area contributed by atoms with Gasteiger partial charge in [-0.1, -0.05) is 53.0 Å². The maximum atomic E-state index is 6.37. The van der Waals surface area contributed by atoms with Crippen LogP contribution < -0.4 is 0 Å². The zero-order valence-corrected chi connectivity index (χ0v) is 11.6. The van der Waals surface area contributed by atoms with E-state index in [2.05, 4.69) is 0 Å². The van der Waals surface area contributed by atoms with Gasteiger partial charge in [0.2, 0.25) is 0 Å². The lowest BCUT2D eigenvalue weighted by Crippen LogP contribution is -1.91. The fourth-order valence-electron chi connectivity index (χ4n) is 1.44. The van der Waals surface area contributed by atoms with Crippen molar-refractivity contribution in [3.05, 3.63) is 55.7 Å². The molecule has 0 N–H and O–H groups in total. The summed E-state index contributed by atoms with van der Waals surface area (Å²) in [6.45, 7) is 2.04. The highest BCUT2D eigenvalue weighted by molar-refractivity contribution is 7.20. The first-order chi connectivity index (χ1) is 7.58. The second-order valence-corrected chi connectivity index (χ2v) is 6.27. The summed E-state index contributed by atoms with van der Waals surface area (Å²) in [5.41, 5.74) is 3.12. The maximum Gasteiger partial charge on any atom is 0.0994 e. The van der Waals surface area contributed by atoms with E-state index < -0.39 is 0 Å². The largest absolute Gasteiger partial charge is 0.113 e. The van der Waals surface area contributed by atoms with Crippen LogP contribution in [0.25, 0.3) is 0 Å². The Balaban J connectivity index is 2.35. The number of thiophene rings is 1. The topological polar surface area (TPSA) is 0 Å². The molecule has 0 bridgehead atoms. The van der Waals surface area contributed by atoms with Gasteiger partial charge in [0.05, 0.1) is 14.0 Å². The average molecular weight is 292 g/mol. The van der Waals surface area contributed by atoms with Crippen LogP contribution in [0.5, 0.6) is 0 Å². The molecule has 0 fully saturated rings. The minimum Gasteiger partial charge on any atom is -0.113 e. The predicted octanol–water partition coefficient (Wildman–Crippen LogP) is 5.69. The summed E-state index contributed by atoms with van der Waals surface area (Å²) in [5.74, 6) is 0. The molecule has 1 unspecified atom stereocenters. The van der Waals surface area contributed by atoms with Crippen molar-refractivity contribution >= 4 is 46.1 Å². The van der Waals surface area contributed by atoms with E-state index in [1.54, 1.807) is 0 Å². The molecule has 0 saturated carbocycles. The van der Waals surface area contributed by atoms with Crippen LogP contribution in [0.1, 0.15) is 22.1 Å². The number of hydrogen-bond donors (Lipinski definition) is 0. The molecular weight excluding hydrogens is 283 g/mol. The smallest absolute Gasteiger partial charge is 0.0994 e. The third-order valence-electron chi connectivity index (χ3n) is 2.33. The summed E-state index contributed by atoms with van der Waals surface area (Å²) in [5, 5.41) is -0.239. The minimum absolute atomic E-state index is 0.239. The van der Waals surface area contributed by atoms with Gasteiger partial charge in [0.25, 0.3) is 0 Å². The quantitative estimate of drug-likeness (QED) is 0.623. The highest BCUT2D eigenvalue weighted by atomic mass is 35.5. The highest BCUT2D eigenvalue weighted by Crippen LogP contribution is 2.40. The minimum atomic E-state index is -0.239. The normalized spacial score (nSPS) is 12.8. The van der Waals surface area contributed by atoms with Gasteiger partial charge in [-0.2, -0.15) is 0 Å². The fourth-order valence-corrected chi connectivity index (χ4v) is 3.41. The van der Waals surface area contributed by atoms with Crippen LogP contribution in [0.2, 0.25) is 8.67 Å². The van der Waals surface area contributed by atoms with Gasteiger partial charge in [-0.05, 0) is 18.6 Å². The van der Waals surface area contributed by atoms with E-state index in [4.69, 9.17) is 34.8 Å². The van der Waals surface area contributed by atoms with Crippen LogP contribution in [-0.4, -0.2) is 0 Å². The van der Waals surface area contributed by atoms with E-state index in [0.29, 0.717) is 8.67 Å². The number of aryl methyl sites for hydroxylation is 1. The van der Waals surface area contributed by atoms with Crippen molar-refractivity contribution in [1.29, 1.82) is 0 Å². The first-order valence-corrected chi connectivity index (χ1v) is 6.74. The van der Waals surface area contributed by atoms with Crippen molar-refractivity contribution in [3.63, 3.8) is 0 Å². The molecule has 84 valence electrons. The molecule has 16 heavy (non-hydrogen) atoms. The molecule has 0 aliphatic heterocycles. The maximum absolute atomic E-state index is 6.37. The lowest BCUT2D eigenvalue weighted by molar-refractivity contribution is 1.15. The van der Waals surface area contributed by atoms with Crippen molar-refractivity contribution in [2.75, 3.05) is 0 Å². The van der Waals surface area contributed by atoms with Gasteiger partial charge < -0.3 is 0 Å². The molecule has 1 aromatic heterocycles. The van der Waals surface area contributed by atoms with Crippen LogP contribution in [-0.2, 0) is 0 Å². The van der Waals surface area contributed by atoms with Crippen LogP contribution in [0.4, 0.5) is 0 Å². The molecule has 0 saturated heterocycles. The van der Waals surface area contributed by atoms with Gasteiger partial charge in [-0.25, -0.2) is 0 Å². The Bertz CT molecular complexity index is 487.